The fourth-order valence-electron chi connectivity index (χ4n) is 3.13. The molecule has 0 aromatic carbocycles. The fraction of sp³-hybridized carbons (Fsp3) is 0.190. The lowest BCUT2D eigenvalue weighted by molar-refractivity contribution is 0.391. The van der Waals surface area contributed by atoms with E-state index in [0.29, 0.717) is 23.8 Å². The summed E-state index contributed by atoms with van der Waals surface area (Å²) in [6.45, 7) is 2.40. The van der Waals surface area contributed by atoms with Crippen LogP contribution in [0.5, 0.6) is 5.88 Å². The molecule has 4 heterocycles. The third-order valence-corrected chi connectivity index (χ3v) is 4.52. The molecule has 7 heteroatoms. The van der Waals surface area contributed by atoms with Crippen molar-refractivity contribution < 1.29 is 9.13 Å². The molecule has 0 bridgehead atoms. The van der Waals surface area contributed by atoms with E-state index in [9.17, 15) is 4.39 Å². The molecule has 28 heavy (non-hydrogen) atoms. The average molecular weight is 377 g/mol. The molecule has 0 aliphatic rings. The van der Waals surface area contributed by atoms with Crippen molar-refractivity contribution in [1.82, 2.24) is 19.9 Å². The zero-order chi connectivity index (χ0) is 19.5. The van der Waals surface area contributed by atoms with Gasteiger partial charge in [-0.3, -0.25) is 0 Å². The van der Waals surface area contributed by atoms with Crippen LogP contribution in [0.2, 0.25) is 0 Å². The summed E-state index contributed by atoms with van der Waals surface area (Å²) in [7, 11) is 1.51. The van der Waals surface area contributed by atoms with Crippen molar-refractivity contribution >= 4 is 16.9 Å². The van der Waals surface area contributed by atoms with Gasteiger partial charge >= 0.3 is 0 Å². The van der Waals surface area contributed by atoms with Gasteiger partial charge in [0.25, 0.3) is 0 Å². The second-order valence-corrected chi connectivity index (χ2v) is 6.63. The number of H-pyrrole nitrogens is 1. The molecule has 0 amide bonds. The van der Waals surface area contributed by atoms with E-state index in [-0.39, 0.29) is 0 Å². The van der Waals surface area contributed by atoms with E-state index in [1.165, 1.54) is 18.7 Å². The van der Waals surface area contributed by atoms with Crippen molar-refractivity contribution in [1.29, 1.82) is 0 Å². The van der Waals surface area contributed by atoms with Crippen LogP contribution in [-0.4, -0.2) is 27.0 Å². The minimum atomic E-state index is -0.399. The van der Waals surface area contributed by atoms with Crippen molar-refractivity contribution in [2.75, 3.05) is 12.4 Å². The molecule has 142 valence electrons. The number of anilines is 1. The van der Waals surface area contributed by atoms with Gasteiger partial charge < -0.3 is 15.0 Å². The number of halogens is 1. The molecule has 4 aromatic heterocycles. The summed E-state index contributed by atoms with van der Waals surface area (Å²) >= 11 is 0. The maximum Gasteiger partial charge on any atom is 0.218 e. The number of nitrogens with zero attached hydrogens (tertiary/aromatic N) is 3. The summed E-state index contributed by atoms with van der Waals surface area (Å²) in [6, 6.07) is 7.48. The summed E-state index contributed by atoms with van der Waals surface area (Å²) in [6.07, 6.45) is 7.59. The van der Waals surface area contributed by atoms with Gasteiger partial charge in [0.1, 0.15) is 17.3 Å². The zero-order valence-corrected chi connectivity index (χ0v) is 15.7. The molecule has 0 aliphatic heterocycles. The molecule has 6 nitrogen and oxygen atoms in total. The van der Waals surface area contributed by atoms with Gasteiger partial charge in [-0.1, -0.05) is 6.07 Å². The van der Waals surface area contributed by atoms with Crippen LogP contribution in [0.3, 0.4) is 0 Å². The number of ether oxygens (including phenoxy) is 1. The van der Waals surface area contributed by atoms with Crippen LogP contribution in [0.15, 0.2) is 49.1 Å². The number of hydrogen-bond donors (Lipinski definition) is 2. The lowest BCUT2D eigenvalue weighted by Gasteiger charge is -2.09. The van der Waals surface area contributed by atoms with Crippen LogP contribution < -0.4 is 10.1 Å². The van der Waals surface area contributed by atoms with E-state index >= 15 is 0 Å². The Morgan fingerprint density at radius 3 is 2.75 bits per heavy atom. The van der Waals surface area contributed by atoms with Gasteiger partial charge in [0.15, 0.2) is 0 Å². The number of methoxy groups -OCH3 is 1. The summed E-state index contributed by atoms with van der Waals surface area (Å²) in [4.78, 5) is 16.0. The van der Waals surface area contributed by atoms with Gasteiger partial charge in [-0.2, -0.15) is 0 Å². The van der Waals surface area contributed by atoms with Gasteiger partial charge in [0.05, 0.1) is 13.3 Å². The van der Waals surface area contributed by atoms with Crippen molar-refractivity contribution in [3.8, 4) is 5.88 Å². The molecule has 0 spiro atoms. The predicted molar refractivity (Wildman–Crippen MR) is 106 cm³/mol. The Balaban J connectivity index is 1.45. The van der Waals surface area contributed by atoms with Crippen molar-refractivity contribution in [2.45, 2.75) is 19.9 Å². The van der Waals surface area contributed by atoms with Crippen molar-refractivity contribution in [3.63, 3.8) is 0 Å². The largest absolute Gasteiger partial charge is 0.481 e. The number of aryl methyl sites for hydroxylation is 1. The maximum absolute atomic E-state index is 13.4. The van der Waals surface area contributed by atoms with Crippen LogP contribution in [-0.2, 0) is 13.0 Å². The van der Waals surface area contributed by atoms with Gasteiger partial charge in [0.2, 0.25) is 5.88 Å². The highest BCUT2D eigenvalue weighted by Crippen LogP contribution is 2.21. The number of rotatable bonds is 6. The standard InChI is InChI=1S/C21H20FN5O/c1-13-5-18-15(10-26-20(18)25-8-13)6-14-3-4-19(23-9-14)24-11-16-7-17(22)12-27-21(16)28-2/h3-5,7-10,12H,6,11H2,1-2H3,(H,23,24)(H,25,26). The summed E-state index contributed by atoms with van der Waals surface area (Å²) in [5.74, 6) is 0.699. The first-order chi connectivity index (χ1) is 13.6. The van der Waals surface area contributed by atoms with Gasteiger partial charge in [-0.15, -0.1) is 0 Å². The normalized spacial score (nSPS) is 11.0. The van der Waals surface area contributed by atoms with Crippen LogP contribution >= 0.6 is 0 Å². The molecule has 0 unspecified atom stereocenters. The molecule has 2 N–H and O–H groups in total. The van der Waals surface area contributed by atoms with Crippen molar-refractivity contribution in [3.05, 3.63) is 77.1 Å². The second-order valence-electron chi connectivity index (χ2n) is 6.63. The lowest BCUT2D eigenvalue weighted by Crippen LogP contribution is -2.05. The van der Waals surface area contributed by atoms with E-state index in [4.69, 9.17) is 4.74 Å². The van der Waals surface area contributed by atoms with Crippen LogP contribution in [0.25, 0.3) is 11.0 Å². The number of aromatic amines is 1. The Morgan fingerprint density at radius 1 is 1.07 bits per heavy atom. The topological polar surface area (TPSA) is 75.7 Å². The Hall–Kier alpha value is -3.48. The van der Waals surface area contributed by atoms with Crippen molar-refractivity contribution in [2.24, 2.45) is 0 Å². The maximum atomic E-state index is 13.4. The van der Waals surface area contributed by atoms with Crippen LogP contribution in [0.4, 0.5) is 10.2 Å². The Bertz CT molecular complexity index is 1110. The Labute approximate surface area is 161 Å². The Morgan fingerprint density at radius 2 is 1.96 bits per heavy atom. The third-order valence-electron chi connectivity index (χ3n) is 4.52. The minimum absolute atomic E-state index is 0.369. The van der Waals surface area contributed by atoms with E-state index in [0.717, 1.165) is 34.8 Å². The number of aromatic nitrogens is 4. The van der Waals surface area contributed by atoms with E-state index in [1.807, 2.05) is 37.6 Å². The minimum Gasteiger partial charge on any atom is -0.481 e. The highest BCUT2D eigenvalue weighted by atomic mass is 19.1. The van der Waals surface area contributed by atoms with E-state index < -0.39 is 5.82 Å². The SMILES string of the molecule is COc1ncc(F)cc1CNc1ccc(Cc2c[nH]c3ncc(C)cc23)cn1. The van der Waals surface area contributed by atoms with Crippen LogP contribution in [0.1, 0.15) is 22.3 Å². The summed E-state index contributed by atoms with van der Waals surface area (Å²) in [5.41, 5.74) is 4.94. The smallest absolute Gasteiger partial charge is 0.218 e. The first-order valence-electron chi connectivity index (χ1n) is 8.92. The fourth-order valence-corrected chi connectivity index (χ4v) is 3.13. The molecule has 0 fully saturated rings. The lowest BCUT2D eigenvalue weighted by atomic mass is 10.1. The average Bonchev–Trinajstić information content (AvgIpc) is 3.09. The molecule has 0 radical (unpaired) electrons. The highest BCUT2D eigenvalue weighted by molar-refractivity contribution is 5.80. The highest BCUT2D eigenvalue weighted by Gasteiger charge is 2.08. The van der Waals surface area contributed by atoms with E-state index in [1.54, 1.807) is 0 Å². The molecular weight excluding hydrogens is 357 g/mol. The zero-order valence-electron chi connectivity index (χ0n) is 15.7. The van der Waals surface area contributed by atoms with Gasteiger partial charge in [-0.25, -0.2) is 19.3 Å². The summed E-state index contributed by atoms with van der Waals surface area (Å²) < 4.78 is 18.6. The molecule has 0 aliphatic carbocycles. The molecular formula is C21H20FN5O. The monoisotopic (exact) mass is 377 g/mol. The second kappa shape index (κ2) is 7.64. The number of fused-ring (bicyclic) bond motifs is 1. The number of hydrogen-bond acceptors (Lipinski definition) is 5. The molecule has 0 atom stereocenters. The quantitative estimate of drug-likeness (QED) is 0.531. The molecule has 0 saturated carbocycles. The van der Waals surface area contributed by atoms with Crippen LogP contribution in [0, 0.1) is 12.7 Å². The third kappa shape index (κ3) is 3.78. The Kier molecular flexibility index (Phi) is 4.89. The summed E-state index contributed by atoms with van der Waals surface area (Å²) in [5, 5.41) is 4.30. The number of pyridine rings is 3. The first-order valence-corrected chi connectivity index (χ1v) is 8.92. The predicted octanol–water partition coefficient (Wildman–Crippen LogP) is 4.01. The van der Waals surface area contributed by atoms with Gasteiger partial charge in [-0.05, 0) is 41.8 Å². The number of nitrogens with one attached hydrogen (secondary N) is 2. The van der Waals surface area contributed by atoms with Gasteiger partial charge in [0, 0.05) is 42.5 Å². The van der Waals surface area contributed by atoms with E-state index in [2.05, 4.69) is 31.3 Å². The first kappa shape index (κ1) is 17.9. The molecule has 4 aromatic rings. The molecule has 0 saturated heterocycles. The molecule has 4 rings (SSSR count).